The van der Waals surface area contributed by atoms with Crippen LogP contribution in [-0.2, 0) is 0 Å². The average Bonchev–Trinajstić information content (AvgIpc) is 2.87. The third-order valence-corrected chi connectivity index (χ3v) is 4.57. The normalized spacial score (nSPS) is 26.4. The van der Waals surface area contributed by atoms with Crippen LogP contribution in [0, 0.1) is 0 Å². The summed E-state index contributed by atoms with van der Waals surface area (Å²) in [6.45, 7) is 8.96. The third kappa shape index (κ3) is 4.09. The number of aliphatic hydroxyl groups is 1. The van der Waals surface area contributed by atoms with Crippen molar-refractivity contribution in [1.29, 1.82) is 0 Å². The van der Waals surface area contributed by atoms with Crippen molar-refractivity contribution in [2.75, 3.05) is 32.7 Å². The minimum atomic E-state index is -0.537. The second-order valence-corrected chi connectivity index (χ2v) is 6.08. The monoisotopic (exact) mass is 282 g/mol. The van der Waals surface area contributed by atoms with Crippen LogP contribution in [0.25, 0.3) is 0 Å². The van der Waals surface area contributed by atoms with E-state index < -0.39 is 5.60 Å². The number of nitrogens with one attached hydrogen (secondary N) is 2. The zero-order chi connectivity index (χ0) is 14.4. The van der Waals surface area contributed by atoms with Gasteiger partial charge in [0.1, 0.15) is 0 Å². The van der Waals surface area contributed by atoms with Crippen molar-refractivity contribution < 1.29 is 5.11 Å². The van der Waals surface area contributed by atoms with Crippen LogP contribution >= 0.6 is 0 Å². The first-order chi connectivity index (χ1) is 9.67. The molecule has 1 heterocycles. The highest BCUT2D eigenvalue weighted by molar-refractivity contribution is 5.79. The van der Waals surface area contributed by atoms with Gasteiger partial charge in [-0.15, -0.1) is 0 Å². The van der Waals surface area contributed by atoms with Crippen molar-refractivity contribution >= 4 is 5.96 Å². The first kappa shape index (κ1) is 15.6. The summed E-state index contributed by atoms with van der Waals surface area (Å²) in [5.74, 6) is 0.843. The molecule has 5 nitrogen and oxygen atoms in total. The van der Waals surface area contributed by atoms with Crippen LogP contribution in [0.3, 0.4) is 0 Å². The molecular formula is C15H30N4O. The van der Waals surface area contributed by atoms with Crippen LogP contribution in [-0.4, -0.2) is 60.3 Å². The molecule has 0 amide bonds. The number of likely N-dealkylation sites (tertiary alicyclic amines) is 1. The van der Waals surface area contributed by atoms with Gasteiger partial charge < -0.3 is 15.7 Å². The highest BCUT2D eigenvalue weighted by Crippen LogP contribution is 2.31. The maximum Gasteiger partial charge on any atom is 0.191 e. The van der Waals surface area contributed by atoms with E-state index in [1.54, 1.807) is 0 Å². The number of guanidine groups is 1. The molecule has 1 unspecified atom stereocenters. The molecule has 0 aromatic rings. The second-order valence-electron chi connectivity index (χ2n) is 6.08. The van der Waals surface area contributed by atoms with Gasteiger partial charge in [-0.2, -0.15) is 0 Å². The molecule has 5 heteroatoms. The van der Waals surface area contributed by atoms with Crippen molar-refractivity contribution in [2.45, 2.75) is 57.6 Å². The summed E-state index contributed by atoms with van der Waals surface area (Å²) >= 11 is 0. The lowest BCUT2D eigenvalue weighted by atomic mass is 9.80. The van der Waals surface area contributed by atoms with E-state index in [0.717, 1.165) is 44.9 Å². The van der Waals surface area contributed by atoms with Crippen molar-refractivity contribution in [3.8, 4) is 0 Å². The molecule has 0 radical (unpaired) electrons. The molecule has 0 aromatic heterocycles. The van der Waals surface area contributed by atoms with Crippen LogP contribution in [0.15, 0.2) is 4.99 Å². The Kier molecular flexibility index (Phi) is 5.66. The molecule has 116 valence electrons. The molecular weight excluding hydrogens is 252 g/mol. The maximum absolute atomic E-state index is 10.1. The van der Waals surface area contributed by atoms with Crippen LogP contribution in [0.4, 0.5) is 0 Å². The minimum Gasteiger partial charge on any atom is -0.388 e. The van der Waals surface area contributed by atoms with Gasteiger partial charge in [0.15, 0.2) is 5.96 Å². The van der Waals surface area contributed by atoms with Crippen molar-refractivity contribution in [1.82, 2.24) is 15.5 Å². The summed E-state index contributed by atoms with van der Waals surface area (Å²) in [4.78, 5) is 7.07. The quantitative estimate of drug-likeness (QED) is 0.501. The number of aliphatic imine (C=N–C) groups is 1. The van der Waals surface area contributed by atoms with Gasteiger partial charge in [-0.05, 0) is 52.1 Å². The van der Waals surface area contributed by atoms with Crippen LogP contribution in [0.1, 0.15) is 46.0 Å². The predicted octanol–water partition coefficient (Wildman–Crippen LogP) is 0.941. The van der Waals surface area contributed by atoms with Crippen LogP contribution < -0.4 is 10.6 Å². The van der Waals surface area contributed by atoms with E-state index in [-0.39, 0.29) is 0 Å². The number of hydrogen-bond acceptors (Lipinski definition) is 3. The molecule has 2 rings (SSSR count). The van der Waals surface area contributed by atoms with E-state index >= 15 is 0 Å². The minimum absolute atomic E-state index is 0.518. The number of likely N-dealkylation sites (N-methyl/N-ethyl adjacent to an activating group) is 1. The topological polar surface area (TPSA) is 59.9 Å². The Morgan fingerprint density at radius 1 is 1.30 bits per heavy atom. The molecule has 0 bridgehead atoms. The van der Waals surface area contributed by atoms with Crippen LogP contribution in [0.2, 0.25) is 0 Å². The van der Waals surface area contributed by atoms with Gasteiger partial charge in [-0.1, -0.05) is 6.92 Å². The van der Waals surface area contributed by atoms with Gasteiger partial charge in [0.25, 0.3) is 0 Å². The Balaban J connectivity index is 1.80. The summed E-state index contributed by atoms with van der Waals surface area (Å²) in [5.41, 5.74) is -0.537. The van der Waals surface area contributed by atoms with Crippen molar-refractivity contribution in [3.63, 3.8) is 0 Å². The summed E-state index contributed by atoms with van der Waals surface area (Å²) < 4.78 is 0. The van der Waals surface area contributed by atoms with Gasteiger partial charge in [-0.3, -0.25) is 9.89 Å². The van der Waals surface area contributed by atoms with E-state index in [2.05, 4.69) is 34.4 Å². The maximum atomic E-state index is 10.1. The van der Waals surface area contributed by atoms with Gasteiger partial charge in [0.2, 0.25) is 0 Å². The summed E-state index contributed by atoms with van der Waals surface area (Å²) in [6, 6.07) is 0.621. The molecule has 2 aliphatic rings. The van der Waals surface area contributed by atoms with Crippen LogP contribution in [0.5, 0.6) is 0 Å². The van der Waals surface area contributed by atoms with Gasteiger partial charge in [-0.25, -0.2) is 0 Å². The molecule has 1 saturated carbocycles. The number of nitrogens with zero attached hydrogens (tertiary/aromatic N) is 2. The average molecular weight is 282 g/mol. The molecule has 1 aliphatic heterocycles. The zero-order valence-electron chi connectivity index (χ0n) is 13.0. The Morgan fingerprint density at radius 2 is 2.10 bits per heavy atom. The van der Waals surface area contributed by atoms with Gasteiger partial charge in [0, 0.05) is 19.1 Å². The third-order valence-electron chi connectivity index (χ3n) is 4.57. The SMILES string of the molecule is CCNC(=NCC1(O)CCC1)NCC1CCCN1CC. The van der Waals surface area contributed by atoms with Crippen molar-refractivity contribution in [3.05, 3.63) is 0 Å². The smallest absolute Gasteiger partial charge is 0.191 e. The molecule has 1 aliphatic carbocycles. The first-order valence-electron chi connectivity index (χ1n) is 8.15. The highest BCUT2D eigenvalue weighted by atomic mass is 16.3. The Labute approximate surface area is 122 Å². The Hall–Kier alpha value is -0.810. The van der Waals surface area contributed by atoms with E-state index in [1.807, 2.05) is 0 Å². The van der Waals surface area contributed by atoms with E-state index in [4.69, 9.17) is 0 Å². The standard InChI is InChI=1S/C15H30N4O/c1-3-16-14(18-12-15(20)8-6-9-15)17-11-13-7-5-10-19(13)4-2/h13,20H,3-12H2,1-2H3,(H2,16,17,18). The molecule has 20 heavy (non-hydrogen) atoms. The van der Waals surface area contributed by atoms with E-state index in [0.29, 0.717) is 12.6 Å². The molecule has 0 aromatic carbocycles. The first-order valence-corrected chi connectivity index (χ1v) is 8.15. The van der Waals surface area contributed by atoms with Crippen molar-refractivity contribution in [2.24, 2.45) is 4.99 Å². The fourth-order valence-corrected chi connectivity index (χ4v) is 3.07. The lowest BCUT2D eigenvalue weighted by Crippen LogP contribution is -2.46. The molecule has 2 fully saturated rings. The number of rotatable bonds is 6. The molecule has 0 spiro atoms. The molecule has 3 N–H and O–H groups in total. The zero-order valence-corrected chi connectivity index (χ0v) is 13.0. The second kappa shape index (κ2) is 7.27. The summed E-state index contributed by atoms with van der Waals surface area (Å²) in [5, 5.41) is 16.8. The Bertz CT molecular complexity index is 328. The summed E-state index contributed by atoms with van der Waals surface area (Å²) in [7, 11) is 0. The molecule has 1 atom stereocenters. The van der Waals surface area contributed by atoms with E-state index in [9.17, 15) is 5.11 Å². The summed E-state index contributed by atoms with van der Waals surface area (Å²) in [6.07, 6.45) is 5.48. The van der Waals surface area contributed by atoms with Gasteiger partial charge in [0.05, 0.1) is 12.1 Å². The van der Waals surface area contributed by atoms with E-state index in [1.165, 1.54) is 19.4 Å². The highest BCUT2D eigenvalue weighted by Gasteiger charge is 2.34. The predicted molar refractivity (Wildman–Crippen MR) is 83.1 cm³/mol. The lowest BCUT2D eigenvalue weighted by Gasteiger charge is -2.35. The fourth-order valence-electron chi connectivity index (χ4n) is 3.07. The Morgan fingerprint density at radius 3 is 2.70 bits per heavy atom. The lowest BCUT2D eigenvalue weighted by molar-refractivity contribution is -0.0236. The van der Waals surface area contributed by atoms with Gasteiger partial charge >= 0.3 is 0 Å². The molecule has 1 saturated heterocycles. The number of hydrogen-bond donors (Lipinski definition) is 3. The largest absolute Gasteiger partial charge is 0.388 e. The fraction of sp³-hybridized carbons (Fsp3) is 0.933.